The molecule has 0 aliphatic heterocycles. The maximum atomic E-state index is 13.2. The van der Waals surface area contributed by atoms with Gasteiger partial charge in [-0.05, 0) is 49.9 Å². The zero-order chi connectivity index (χ0) is 41.2. The van der Waals surface area contributed by atoms with E-state index >= 15 is 0 Å². The number of amides is 5. The van der Waals surface area contributed by atoms with E-state index in [0.29, 0.717) is 24.0 Å². The standard InChI is InChI=1S/C34H46N14O8/c1-3-22(29(53)38-2)45-30(54)23(5-4-13-39-33(35)36)46-31(55)24(12-14-49)44-25(51)11-10-20(17-50)43-28(52)18-6-8-19(9-7-18)40-15-21-16-41-27-26(42-21)32(56)48-34(37)47-27/h6-9,14,16-17,20,22-24,40H,3-5,10-13,15H2,1-2H3,(H,38,53)(H,43,52)(H,44,51)(H,45,54)(H,46,55)(H4,35,36,39)(H3,37,41,47,48,56). The Kier molecular flexibility index (Phi) is 16.8. The van der Waals surface area contributed by atoms with Crippen LogP contribution in [0.3, 0.4) is 0 Å². The number of nitrogens with one attached hydrogen (secondary N) is 7. The number of carbonyl (C=O) groups is 7. The second-order valence-electron chi connectivity index (χ2n) is 12.3. The first kappa shape index (κ1) is 43.4. The Hall–Kier alpha value is -7.00. The van der Waals surface area contributed by atoms with Crippen LogP contribution in [-0.2, 0) is 35.3 Å². The summed E-state index contributed by atoms with van der Waals surface area (Å²) in [6.45, 7) is 2.02. The summed E-state index contributed by atoms with van der Waals surface area (Å²) in [4.78, 5) is 118. The monoisotopic (exact) mass is 778 g/mol. The second-order valence-corrected chi connectivity index (χ2v) is 12.3. The molecule has 4 atom stereocenters. The van der Waals surface area contributed by atoms with Gasteiger partial charge in [-0.1, -0.05) is 6.92 Å². The minimum Gasteiger partial charge on any atom is -0.379 e. The van der Waals surface area contributed by atoms with Crippen LogP contribution < -0.4 is 54.7 Å². The summed E-state index contributed by atoms with van der Waals surface area (Å²) >= 11 is 0. The van der Waals surface area contributed by atoms with Gasteiger partial charge in [0.2, 0.25) is 29.6 Å². The molecular weight excluding hydrogens is 732 g/mol. The number of H-pyrrole nitrogens is 1. The van der Waals surface area contributed by atoms with Gasteiger partial charge in [-0.3, -0.25) is 38.7 Å². The van der Waals surface area contributed by atoms with E-state index in [-0.39, 0.29) is 73.8 Å². The highest BCUT2D eigenvalue weighted by Crippen LogP contribution is 2.12. The third-order valence-electron chi connectivity index (χ3n) is 8.12. The number of rotatable bonds is 22. The molecule has 4 unspecified atom stereocenters. The van der Waals surface area contributed by atoms with Gasteiger partial charge in [-0.15, -0.1) is 0 Å². The number of aliphatic imine (C=N–C) groups is 1. The number of nitrogens with zero attached hydrogens (tertiary/aromatic N) is 4. The molecule has 2 heterocycles. The average Bonchev–Trinajstić information content (AvgIpc) is 3.18. The van der Waals surface area contributed by atoms with Crippen molar-refractivity contribution in [1.82, 2.24) is 46.5 Å². The quantitative estimate of drug-likeness (QED) is 0.0214. The third-order valence-corrected chi connectivity index (χ3v) is 8.12. The van der Waals surface area contributed by atoms with Crippen LogP contribution in [0.1, 0.15) is 61.5 Å². The lowest BCUT2D eigenvalue weighted by molar-refractivity contribution is -0.134. The van der Waals surface area contributed by atoms with Crippen LogP contribution >= 0.6 is 0 Å². The lowest BCUT2D eigenvalue weighted by atomic mass is 10.1. The molecule has 0 aliphatic rings. The number of anilines is 2. The maximum absolute atomic E-state index is 13.2. The number of nitrogen functional groups attached to an aromatic ring is 1. The molecule has 0 fully saturated rings. The maximum Gasteiger partial charge on any atom is 0.280 e. The zero-order valence-electron chi connectivity index (χ0n) is 30.8. The number of aldehydes is 2. The van der Waals surface area contributed by atoms with E-state index in [4.69, 9.17) is 17.2 Å². The predicted molar refractivity (Wildman–Crippen MR) is 203 cm³/mol. The first-order chi connectivity index (χ1) is 26.8. The van der Waals surface area contributed by atoms with Crippen molar-refractivity contribution >= 4 is 70.9 Å². The minimum atomic E-state index is -1.38. The largest absolute Gasteiger partial charge is 0.379 e. The molecule has 2 aromatic heterocycles. The van der Waals surface area contributed by atoms with E-state index < -0.39 is 65.7 Å². The molecule has 3 aromatic rings. The molecule has 0 radical (unpaired) electrons. The molecule has 0 bridgehead atoms. The van der Waals surface area contributed by atoms with Crippen molar-refractivity contribution in [3.63, 3.8) is 0 Å². The number of fused-ring (bicyclic) bond motifs is 1. The lowest BCUT2D eigenvalue weighted by Gasteiger charge is -2.24. The highest BCUT2D eigenvalue weighted by atomic mass is 16.2. The summed E-state index contributed by atoms with van der Waals surface area (Å²) in [5.74, 6) is -3.50. The number of carbonyl (C=O) groups excluding carboxylic acids is 7. The molecule has 22 heteroatoms. The van der Waals surface area contributed by atoms with Gasteiger partial charge in [0.1, 0.15) is 30.7 Å². The fourth-order valence-electron chi connectivity index (χ4n) is 5.14. The van der Waals surface area contributed by atoms with Crippen LogP contribution in [0, 0.1) is 0 Å². The molecule has 5 amide bonds. The third kappa shape index (κ3) is 13.4. The van der Waals surface area contributed by atoms with E-state index in [1.807, 2.05) is 0 Å². The Balaban J connectivity index is 1.55. The fraction of sp³-hybridized carbons (Fsp3) is 0.412. The van der Waals surface area contributed by atoms with Crippen molar-refractivity contribution < 1.29 is 33.6 Å². The molecule has 13 N–H and O–H groups in total. The normalized spacial score (nSPS) is 12.8. The number of hydrogen-bond acceptors (Lipinski definition) is 14. The Morgan fingerprint density at radius 2 is 1.61 bits per heavy atom. The van der Waals surface area contributed by atoms with Crippen molar-refractivity contribution in [2.24, 2.45) is 16.5 Å². The van der Waals surface area contributed by atoms with Crippen molar-refractivity contribution in [1.29, 1.82) is 0 Å². The van der Waals surface area contributed by atoms with Crippen molar-refractivity contribution in [2.75, 3.05) is 24.6 Å². The molecule has 3 rings (SSSR count). The van der Waals surface area contributed by atoms with Gasteiger partial charge in [0.15, 0.2) is 17.1 Å². The van der Waals surface area contributed by atoms with Crippen LogP contribution in [0.5, 0.6) is 0 Å². The summed E-state index contributed by atoms with van der Waals surface area (Å²) in [5.41, 5.74) is 17.1. The lowest BCUT2D eigenvalue weighted by Crippen LogP contribution is -2.56. The van der Waals surface area contributed by atoms with Crippen LogP contribution in [-0.4, -0.2) is 106 Å². The van der Waals surface area contributed by atoms with Crippen LogP contribution in [0.4, 0.5) is 11.6 Å². The van der Waals surface area contributed by atoms with Crippen LogP contribution in [0.2, 0.25) is 0 Å². The SMILES string of the molecule is CCC(NC(=O)C(CCCN=C(N)N)NC(=O)C(CC=O)NC(=O)CCC(C=O)NC(=O)c1ccc(NCc2cnc3nc(N)[nH]c(=O)c3n2)cc1)C(=O)NC. The summed E-state index contributed by atoms with van der Waals surface area (Å²) in [6.07, 6.45) is 2.02. The fourth-order valence-corrected chi connectivity index (χ4v) is 5.14. The second kappa shape index (κ2) is 21.6. The topological polar surface area (TPSA) is 354 Å². The Morgan fingerprint density at radius 3 is 2.25 bits per heavy atom. The van der Waals surface area contributed by atoms with Gasteiger partial charge >= 0.3 is 0 Å². The molecule has 1 aromatic carbocycles. The van der Waals surface area contributed by atoms with Crippen LogP contribution in [0.25, 0.3) is 11.2 Å². The summed E-state index contributed by atoms with van der Waals surface area (Å²) in [6, 6.07) is 1.73. The van der Waals surface area contributed by atoms with E-state index in [0.717, 1.165) is 0 Å². The van der Waals surface area contributed by atoms with Gasteiger partial charge < -0.3 is 58.7 Å². The molecule has 0 saturated heterocycles. The number of guanidine groups is 1. The average molecular weight is 779 g/mol. The Labute approximate surface area is 320 Å². The van der Waals surface area contributed by atoms with Gasteiger partial charge in [0, 0.05) is 37.7 Å². The van der Waals surface area contributed by atoms with Crippen LogP contribution in [0.15, 0.2) is 40.2 Å². The minimum absolute atomic E-state index is 0.0309. The number of hydrogen-bond donors (Lipinski definition) is 10. The Morgan fingerprint density at radius 1 is 0.911 bits per heavy atom. The predicted octanol–water partition coefficient (Wildman–Crippen LogP) is -2.76. The molecular formula is C34H46N14O8. The number of aromatic amines is 1. The van der Waals surface area contributed by atoms with E-state index in [2.05, 4.69) is 56.8 Å². The van der Waals surface area contributed by atoms with E-state index in [9.17, 15) is 38.4 Å². The number of nitrogens with two attached hydrogens (primary N) is 3. The number of likely N-dealkylation sites (N-methyl/N-ethyl adjacent to an activating group) is 1. The van der Waals surface area contributed by atoms with Gasteiger partial charge in [-0.2, -0.15) is 4.98 Å². The molecule has 0 spiro atoms. The summed E-state index contributed by atoms with van der Waals surface area (Å²) < 4.78 is 0. The van der Waals surface area contributed by atoms with Gasteiger partial charge in [0.05, 0.1) is 24.5 Å². The first-order valence-corrected chi connectivity index (χ1v) is 17.5. The van der Waals surface area contributed by atoms with Crippen molar-refractivity contribution in [3.05, 3.63) is 52.1 Å². The van der Waals surface area contributed by atoms with Crippen molar-refractivity contribution in [3.8, 4) is 0 Å². The van der Waals surface area contributed by atoms with Crippen molar-refractivity contribution in [2.45, 2.75) is 76.2 Å². The van der Waals surface area contributed by atoms with E-state index in [1.54, 1.807) is 19.1 Å². The zero-order valence-corrected chi connectivity index (χ0v) is 30.8. The number of aromatic nitrogens is 4. The highest BCUT2D eigenvalue weighted by Gasteiger charge is 2.29. The Bertz CT molecular complexity index is 1970. The summed E-state index contributed by atoms with van der Waals surface area (Å²) in [7, 11) is 1.41. The molecule has 22 nitrogen and oxygen atoms in total. The smallest absolute Gasteiger partial charge is 0.280 e. The van der Waals surface area contributed by atoms with E-state index in [1.165, 1.54) is 25.4 Å². The first-order valence-electron chi connectivity index (χ1n) is 17.5. The van der Waals surface area contributed by atoms with Gasteiger partial charge in [0.25, 0.3) is 11.5 Å². The number of benzene rings is 1. The molecule has 0 saturated carbocycles. The summed E-state index contributed by atoms with van der Waals surface area (Å²) in [5, 5.41) is 15.6. The van der Waals surface area contributed by atoms with Gasteiger partial charge in [-0.25, -0.2) is 9.97 Å². The molecule has 56 heavy (non-hydrogen) atoms. The molecule has 300 valence electrons. The molecule has 0 aliphatic carbocycles. The highest BCUT2D eigenvalue weighted by molar-refractivity contribution is 5.96.